The molecule has 0 radical (unpaired) electrons. The molecule has 106 valence electrons. The standard InChI is InChI=1S/C7H2Cl2F3NO5S/c8-3-1-2-4(19(9,16)17)6(5(3)13(14)15)18-7(10,11)12/h1-2H. The van der Waals surface area contributed by atoms with Gasteiger partial charge in [-0.05, 0) is 12.1 Å². The minimum Gasteiger partial charge on any atom is -0.397 e. The summed E-state index contributed by atoms with van der Waals surface area (Å²) in [6, 6.07) is 1.29. The van der Waals surface area contributed by atoms with Crippen molar-refractivity contribution in [1.82, 2.24) is 0 Å². The second-order valence-corrected chi connectivity index (χ2v) is 5.91. The molecule has 0 unspecified atom stereocenters. The third-order valence-corrected chi connectivity index (χ3v) is 3.36. The second kappa shape index (κ2) is 5.02. The van der Waals surface area contributed by atoms with Gasteiger partial charge in [0.2, 0.25) is 5.75 Å². The van der Waals surface area contributed by atoms with Crippen LogP contribution in [0.15, 0.2) is 17.0 Å². The molecule has 0 fully saturated rings. The number of halogens is 5. The molecule has 0 bridgehead atoms. The molecule has 0 atom stereocenters. The molecule has 1 aromatic rings. The van der Waals surface area contributed by atoms with E-state index in [0.717, 1.165) is 6.07 Å². The van der Waals surface area contributed by atoms with Gasteiger partial charge in [0.1, 0.15) is 9.92 Å². The summed E-state index contributed by atoms with van der Waals surface area (Å²) in [7, 11) is 0.186. The van der Waals surface area contributed by atoms with Crippen molar-refractivity contribution in [2.45, 2.75) is 11.3 Å². The van der Waals surface area contributed by atoms with Crippen LogP contribution in [0, 0.1) is 10.1 Å². The summed E-state index contributed by atoms with van der Waals surface area (Å²) in [4.78, 5) is 8.13. The van der Waals surface area contributed by atoms with Crippen LogP contribution in [0.1, 0.15) is 0 Å². The van der Waals surface area contributed by atoms with Crippen LogP contribution in [-0.4, -0.2) is 19.7 Å². The molecule has 12 heteroatoms. The van der Waals surface area contributed by atoms with Crippen LogP contribution in [0.4, 0.5) is 18.9 Å². The summed E-state index contributed by atoms with van der Waals surface area (Å²) >= 11 is 5.35. The van der Waals surface area contributed by atoms with Gasteiger partial charge < -0.3 is 4.74 Å². The molecule has 1 aromatic carbocycles. The third-order valence-electron chi connectivity index (χ3n) is 1.71. The lowest BCUT2D eigenvalue weighted by Crippen LogP contribution is -2.19. The van der Waals surface area contributed by atoms with Crippen molar-refractivity contribution in [1.29, 1.82) is 0 Å². The highest BCUT2D eigenvalue weighted by Gasteiger charge is 2.39. The first-order valence-electron chi connectivity index (χ1n) is 4.11. The molecular weight excluding hydrogens is 338 g/mol. The van der Waals surface area contributed by atoms with Gasteiger partial charge in [-0.3, -0.25) is 10.1 Å². The number of rotatable bonds is 3. The number of benzene rings is 1. The number of nitro benzene ring substituents is 1. The number of nitrogens with zero attached hydrogens (tertiary/aromatic N) is 1. The first-order valence-corrected chi connectivity index (χ1v) is 6.79. The zero-order valence-electron chi connectivity index (χ0n) is 8.44. The van der Waals surface area contributed by atoms with Crippen molar-refractivity contribution in [3.63, 3.8) is 0 Å². The molecule has 0 aromatic heterocycles. The van der Waals surface area contributed by atoms with Gasteiger partial charge in [0.05, 0.1) is 4.92 Å². The summed E-state index contributed by atoms with van der Waals surface area (Å²) < 4.78 is 62.0. The van der Waals surface area contributed by atoms with E-state index in [-0.39, 0.29) is 0 Å². The number of alkyl halides is 3. The maximum absolute atomic E-state index is 12.2. The molecular formula is C7H2Cl2F3NO5S. The fourth-order valence-electron chi connectivity index (χ4n) is 1.11. The highest BCUT2D eigenvalue weighted by Crippen LogP contribution is 2.43. The maximum atomic E-state index is 12.2. The average molecular weight is 340 g/mol. The van der Waals surface area contributed by atoms with Gasteiger partial charge in [-0.1, -0.05) is 11.6 Å². The van der Waals surface area contributed by atoms with Gasteiger partial charge in [0.25, 0.3) is 9.05 Å². The molecule has 0 aliphatic rings. The number of nitro groups is 1. The van der Waals surface area contributed by atoms with Gasteiger partial charge in [-0.15, -0.1) is 13.2 Å². The molecule has 19 heavy (non-hydrogen) atoms. The van der Waals surface area contributed by atoms with Crippen molar-refractivity contribution >= 4 is 37.0 Å². The van der Waals surface area contributed by atoms with Gasteiger partial charge in [0, 0.05) is 10.7 Å². The molecule has 0 heterocycles. The van der Waals surface area contributed by atoms with E-state index in [1.54, 1.807) is 0 Å². The minimum atomic E-state index is -5.36. The zero-order valence-corrected chi connectivity index (χ0v) is 10.8. The van der Waals surface area contributed by atoms with Gasteiger partial charge in [0.15, 0.2) is 0 Å². The molecule has 0 aliphatic heterocycles. The monoisotopic (exact) mass is 339 g/mol. The Bertz CT molecular complexity index is 630. The van der Waals surface area contributed by atoms with Gasteiger partial charge >= 0.3 is 12.0 Å². The van der Waals surface area contributed by atoms with Crippen molar-refractivity contribution in [2.24, 2.45) is 0 Å². The molecule has 6 nitrogen and oxygen atoms in total. The maximum Gasteiger partial charge on any atom is 0.573 e. The molecule has 1 rings (SSSR count). The van der Waals surface area contributed by atoms with Crippen molar-refractivity contribution in [3.8, 4) is 5.75 Å². The molecule has 0 N–H and O–H groups in total. The summed E-state index contributed by atoms with van der Waals surface area (Å²) in [5, 5.41) is 9.92. The molecule has 0 amide bonds. The largest absolute Gasteiger partial charge is 0.573 e. The topological polar surface area (TPSA) is 86.5 Å². The van der Waals surface area contributed by atoms with E-state index in [1.807, 2.05) is 0 Å². The fraction of sp³-hybridized carbons (Fsp3) is 0.143. The van der Waals surface area contributed by atoms with Crippen LogP contribution in [0.25, 0.3) is 0 Å². The molecule has 0 saturated carbocycles. The van der Waals surface area contributed by atoms with Crippen molar-refractivity contribution in [3.05, 3.63) is 27.3 Å². The highest BCUT2D eigenvalue weighted by molar-refractivity contribution is 8.13. The number of hydrogen-bond donors (Lipinski definition) is 0. The number of ether oxygens (including phenoxy) is 1. The van der Waals surface area contributed by atoms with Crippen LogP contribution >= 0.6 is 22.3 Å². The van der Waals surface area contributed by atoms with Crippen LogP contribution in [-0.2, 0) is 9.05 Å². The van der Waals surface area contributed by atoms with E-state index < -0.39 is 41.7 Å². The quantitative estimate of drug-likeness (QED) is 0.479. The Morgan fingerprint density at radius 2 is 1.84 bits per heavy atom. The second-order valence-electron chi connectivity index (χ2n) is 2.97. The number of hydrogen-bond acceptors (Lipinski definition) is 5. The Morgan fingerprint density at radius 1 is 1.32 bits per heavy atom. The Balaban J connectivity index is 3.69. The fourth-order valence-corrected chi connectivity index (χ4v) is 2.28. The van der Waals surface area contributed by atoms with Crippen LogP contribution in [0.5, 0.6) is 5.75 Å². The van der Waals surface area contributed by atoms with E-state index >= 15 is 0 Å². The summed E-state index contributed by atoms with van der Waals surface area (Å²) in [6.45, 7) is 0. The summed E-state index contributed by atoms with van der Waals surface area (Å²) in [6.07, 6.45) is -5.36. The zero-order chi connectivity index (χ0) is 15.0. The van der Waals surface area contributed by atoms with E-state index in [4.69, 9.17) is 22.3 Å². The lowest BCUT2D eigenvalue weighted by atomic mass is 10.3. The molecule has 0 spiro atoms. The Hall–Kier alpha value is -1.26. The van der Waals surface area contributed by atoms with Crippen molar-refractivity contribution in [2.75, 3.05) is 0 Å². The van der Waals surface area contributed by atoms with E-state index in [9.17, 15) is 31.7 Å². The first-order chi connectivity index (χ1) is 8.43. The average Bonchev–Trinajstić information content (AvgIpc) is 2.11. The normalized spacial score (nSPS) is 12.3. The van der Waals surface area contributed by atoms with E-state index in [1.165, 1.54) is 0 Å². The Labute approximate surface area is 113 Å². The smallest absolute Gasteiger partial charge is 0.397 e. The van der Waals surface area contributed by atoms with Crippen LogP contribution < -0.4 is 4.74 Å². The molecule has 0 saturated heterocycles. The Morgan fingerprint density at radius 3 is 2.21 bits per heavy atom. The van der Waals surface area contributed by atoms with Crippen LogP contribution in [0.3, 0.4) is 0 Å². The Kier molecular flexibility index (Phi) is 4.17. The van der Waals surface area contributed by atoms with E-state index in [0.29, 0.717) is 6.07 Å². The first kappa shape index (κ1) is 15.8. The predicted octanol–water partition coefficient (Wildman–Crippen LogP) is 3.07. The van der Waals surface area contributed by atoms with Gasteiger partial charge in [-0.2, -0.15) is 0 Å². The minimum absolute atomic E-state index is 0.568. The van der Waals surface area contributed by atoms with Crippen LogP contribution in [0.2, 0.25) is 5.02 Å². The summed E-state index contributed by atoms with van der Waals surface area (Å²) in [5.41, 5.74) is -1.35. The summed E-state index contributed by atoms with van der Waals surface area (Å²) in [5.74, 6) is -1.58. The lowest BCUT2D eigenvalue weighted by molar-refractivity contribution is -0.388. The SMILES string of the molecule is O=[N+]([O-])c1c(Cl)ccc(S(=O)(=O)Cl)c1OC(F)(F)F. The third kappa shape index (κ3) is 3.85. The molecule has 0 aliphatic carbocycles. The van der Waals surface area contributed by atoms with E-state index in [2.05, 4.69) is 4.74 Å². The van der Waals surface area contributed by atoms with Crippen molar-refractivity contribution < 1.29 is 31.2 Å². The highest BCUT2D eigenvalue weighted by atomic mass is 35.7. The van der Waals surface area contributed by atoms with Gasteiger partial charge in [-0.25, -0.2) is 8.42 Å². The lowest BCUT2D eigenvalue weighted by Gasteiger charge is -2.12. The predicted molar refractivity (Wildman–Crippen MR) is 57.8 cm³/mol.